The number of ether oxygens (including phenoxy) is 2. The van der Waals surface area contributed by atoms with E-state index in [1.54, 1.807) is 6.07 Å². The van der Waals surface area contributed by atoms with E-state index < -0.39 is 4.92 Å². The maximum Gasteiger partial charge on any atom is 0.282 e. The summed E-state index contributed by atoms with van der Waals surface area (Å²) in [5, 5.41) is 14.6. The van der Waals surface area contributed by atoms with Crippen LogP contribution in [-0.2, 0) is 0 Å². The number of hydrogen-bond donors (Lipinski definition) is 1. The van der Waals surface area contributed by atoms with Crippen LogP contribution in [0, 0.1) is 10.1 Å². The average molecular weight is 361 g/mol. The zero-order valence-corrected chi connectivity index (χ0v) is 14.2. The second kappa shape index (κ2) is 7.17. The molecule has 134 valence electrons. The molecule has 1 aliphatic heterocycles. The van der Waals surface area contributed by atoms with Crippen molar-refractivity contribution in [2.75, 3.05) is 12.1 Å². The molecular weight excluding hydrogens is 346 g/mol. The molecule has 1 aliphatic rings. The number of hydrogen-bond acceptors (Lipinski definition) is 6. The molecule has 0 aliphatic carbocycles. The molecule has 0 atom stereocenters. The molecule has 1 N–H and O–H groups in total. The van der Waals surface area contributed by atoms with Crippen molar-refractivity contribution >= 4 is 29.0 Å². The molecule has 0 saturated carbocycles. The van der Waals surface area contributed by atoms with Gasteiger partial charge in [0.05, 0.1) is 22.2 Å². The summed E-state index contributed by atoms with van der Waals surface area (Å²) in [4.78, 5) is 15.2. The van der Waals surface area contributed by atoms with Gasteiger partial charge in [-0.1, -0.05) is 18.2 Å². The molecule has 4 rings (SSSR count). The molecule has 1 heterocycles. The van der Waals surface area contributed by atoms with Crippen LogP contribution in [0.25, 0.3) is 0 Å². The van der Waals surface area contributed by atoms with Gasteiger partial charge in [0, 0.05) is 17.6 Å². The molecule has 0 saturated heterocycles. The quantitative estimate of drug-likeness (QED) is 0.400. The van der Waals surface area contributed by atoms with Crippen molar-refractivity contribution in [2.24, 2.45) is 4.99 Å². The van der Waals surface area contributed by atoms with Crippen LogP contribution < -0.4 is 14.8 Å². The largest absolute Gasteiger partial charge is 0.454 e. The third kappa shape index (κ3) is 3.72. The highest BCUT2D eigenvalue weighted by Crippen LogP contribution is 2.37. The standard InChI is InChI=1S/C20H15N3O4/c24-23(25)18-11-20-19(26-13-27-20)10-14(18)12-21-15-6-8-17(9-7-15)22-16-4-2-1-3-5-16/h1-12,22H,13H2. The number of nitrogens with one attached hydrogen (secondary N) is 1. The molecule has 0 radical (unpaired) electrons. The van der Waals surface area contributed by atoms with E-state index >= 15 is 0 Å². The van der Waals surface area contributed by atoms with Gasteiger partial charge in [0.15, 0.2) is 11.5 Å². The van der Waals surface area contributed by atoms with Gasteiger partial charge in [0.1, 0.15) is 0 Å². The van der Waals surface area contributed by atoms with Crippen LogP contribution in [0.5, 0.6) is 11.5 Å². The van der Waals surface area contributed by atoms with E-state index in [-0.39, 0.29) is 12.5 Å². The highest BCUT2D eigenvalue weighted by Gasteiger charge is 2.22. The smallest absolute Gasteiger partial charge is 0.282 e. The Balaban J connectivity index is 1.54. The Morgan fingerprint density at radius 1 is 0.963 bits per heavy atom. The Bertz CT molecular complexity index is 1000. The highest BCUT2D eigenvalue weighted by molar-refractivity contribution is 5.88. The topological polar surface area (TPSA) is 86.0 Å². The number of rotatable bonds is 5. The van der Waals surface area contributed by atoms with Crippen molar-refractivity contribution in [1.82, 2.24) is 0 Å². The van der Waals surface area contributed by atoms with E-state index in [0.717, 1.165) is 11.4 Å². The van der Waals surface area contributed by atoms with Crippen molar-refractivity contribution < 1.29 is 14.4 Å². The van der Waals surface area contributed by atoms with Crippen LogP contribution in [0.2, 0.25) is 0 Å². The van der Waals surface area contributed by atoms with Gasteiger partial charge in [0.25, 0.3) is 5.69 Å². The minimum Gasteiger partial charge on any atom is -0.454 e. The first-order valence-electron chi connectivity index (χ1n) is 8.23. The third-order valence-electron chi connectivity index (χ3n) is 4.00. The predicted molar refractivity (Wildman–Crippen MR) is 103 cm³/mol. The zero-order chi connectivity index (χ0) is 18.6. The molecule has 3 aromatic rings. The highest BCUT2D eigenvalue weighted by atomic mass is 16.7. The fourth-order valence-corrected chi connectivity index (χ4v) is 2.67. The SMILES string of the molecule is O=[N+]([O-])c1cc2c(cc1C=Nc1ccc(Nc3ccccc3)cc1)OCO2. The minimum atomic E-state index is -0.462. The summed E-state index contributed by atoms with van der Waals surface area (Å²) in [6, 6.07) is 20.2. The number of aliphatic imine (C=N–C) groups is 1. The fourth-order valence-electron chi connectivity index (χ4n) is 2.67. The minimum absolute atomic E-state index is 0.0585. The van der Waals surface area contributed by atoms with Crippen molar-refractivity contribution in [3.8, 4) is 11.5 Å². The van der Waals surface area contributed by atoms with Gasteiger partial charge < -0.3 is 14.8 Å². The molecule has 27 heavy (non-hydrogen) atoms. The van der Waals surface area contributed by atoms with Gasteiger partial charge in [0.2, 0.25) is 6.79 Å². The summed E-state index contributed by atoms with van der Waals surface area (Å²) in [5.74, 6) is 0.847. The fraction of sp³-hybridized carbons (Fsp3) is 0.0500. The average Bonchev–Trinajstić information content (AvgIpc) is 3.15. The van der Waals surface area contributed by atoms with Gasteiger partial charge in [-0.3, -0.25) is 15.1 Å². The lowest BCUT2D eigenvalue weighted by molar-refractivity contribution is -0.385. The van der Waals surface area contributed by atoms with Crippen LogP contribution >= 0.6 is 0 Å². The predicted octanol–water partition coefficient (Wildman–Crippen LogP) is 4.82. The van der Waals surface area contributed by atoms with E-state index in [9.17, 15) is 10.1 Å². The second-order valence-corrected chi connectivity index (χ2v) is 5.82. The molecule has 0 amide bonds. The Hall–Kier alpha value is -3.87. The summed E-state index contributed by atoms with van der Waals surface area (Å²) < 4.78 is 10.5. The Labute approximate surface area is 155 Å². The summed E-state index contributed by atoms with van der Waals surface area (Å²) >= 11 is 0. The molecule has 3 aromatic carbocycles. The lowest BCUT2D eigenvalue weighted by Crippen LogP contribution is -1.94. The van der Waals surface area contributed by atoms with E-state index in [0.29, 0.717) is 22.7 Å². The van der Waals surface area contributed by atoms with E-state index in [2.05, 4.69) is 10.3 Å². The van der Waals surface area contributed by atoms with E-state index in [4.69, 9.17) is 9.47 Å². The van der Waals surface area contributed by atoms with Crippen molar-refractivity contribution in [3.05, 3.63) is 82.4 Å². The van der Waals surface area contributed by atoms with Crippen molar-refractivity contribution in [2.45, 2.75) is 0 Å². The Morgan fingerprint density at radius 3 is 2.33 bits per heavy atom. The number of fused-ring (bicyclic) bond motifs is 1. The van der Waals surface area contributed by atoms with Crippen LogP contribution in [-0.4, -0.2) is 17.9 Å². The summed E-state index contributed by atoms with van der Waals surface area (Å²) in [5.41, 5.74) is 2.88. The first kappa shape index (κ1) is 16.6. The van der Waals surface area contributed by atoms with Crippen LogP contribution in [0.3, 0.4) is 0 Å². The summed E-state index contributed by atoms with van der Waals surface area (Å²) in [6.45, 7) is 0.0585. The van der Waals surface area contributed by atoms with Crippen LogP contribution in [0.1, 0.15) is 5.56 Å². The third-order valence-corrected chi connectivity index (χ3v) is 4.00. The molecule has 7 nitrogen and oxygen atoms in total. The monoisotopic (exact) mass is 361 g/mol. The summed E-state index contributed by atoms with van der Waals surface area (Å²) in [6.07, 6.45) is 1.46. The number of benzene rings is 3. The van der Waals surface area contributed by atoms with Gasteiger partial charge in [-0.15, -0.1) is 0 Å². The first-order valence-corrected chi connectivity index (χ1v) is 8.23. The van der Waals surface area contributed by atoms with Crippen molar-refractivity contribution in [3.63, 3.8) is 0 Å². The number of para-hydroxylation sites is 1. The number of nitro benzene ring substituents is 1. The van der Waals surface area contributed by atoms with E-state index in [1.807, 2.05) is 54.6 Å². The van der Waals surface area contributed by atoms with Gasteiger partial charge in [-0.25, -0.2) is 0 Å². The molecule has 0 spiro atoms. The zero-order valence-electron chi connectivity index (χ0n) is 14.2. The number of nitrogens with zero attached hydrogens (tertiary/aromatic N) is 2. The molecule has 7 heteroatoms. The molecule has 0 aromatic heterocycles. The molecule has 0 fully saturated rings. The first-order chi connectivity index (χ1) is 13.2. The summed E-state index contributed by atoms with van der Waals surface area (Å²) in [7, 11) is 0. The van der Waals surface area contributed by atoms with Crippen LogP contribution in [0.15, 0.2) is 71.7 Å². The molecular formula is C20H15N3O4. The normalized spacial score (nSPS) is 12.3. The van der Waals surface area contributed by atoms with Gasteiger partial charge in [-0.2, -0.15) is 0 Å². The van der Waals surface area contributed by atoms with Crippen molar-refractivity contribution in [1.29, 1.82) is 0 Å². The van der Waals surface area contributed by atoms with Crippen LogP contribution in [0.4, 0.5) is 22.7 Å². The lowest BCUT2D eigenvalue weighted by atomic mass is 10.1. The van der Waals surface area contributed by atoms with Gasteiger partial charge in [-0.05, 0) is 42.5 Å². The Morgan fingerprint density at radius 2 is 1.63 bits per heavy atom. The maximum atomic E-state index is 11.3. The Kier molecular flexibility index (Phi) is 4.40. The maximum absolute atomic E-state index is 11.3. The number of nitro groups is 1. The second-order valence-electron chi connectivity index (χ2n) is 5.82. The molecule has 0 bridgehead atoms. The molecule has 0 unspecified atom stereocenters. The lowest BCUT2D eigenvalue weighted by Gasteiger charge is -2.06. The van der Waals surface area contributed by atoms with E-state index in [1.165, 1.54) is 12.3 Å². The number of anilines is 2. The van der Waals surface area contributed by atoms with Gasteiger partial charge >= 0.3 is 0 Å².